The van der Waals surface area contributed by atoms with E-state index in [1.54, 1.807) is 0 Å². The molecular weight excluding hydrogens is 689 g/mol. The predicted molar refractivity (Wildman–Crippen MR) is 219 cm³/mol. The number of hydrogen-bond donors (Lipinski definition) is 2. The van der Waals surface area contributed by atoms with E-state index < -0.39 is 32.5 Å². The number of carbonyl (C=O) groups excluding carboxylic acids is 2. The van der Waals surface area contributed by atoms with Crippen molar-refractivity contribution >= 4 is 19.8 Å². The minimum absolute atomic E-state index is 0.0422. The SMILES string of the molecule is CC/C=C/C/C=C/C/C=C/CCCCCCCC(=O)OC[C@H](COP(=O)(O)OCCN)OC(=O)CCC/C=C/C/C=C/CCCCCCCCCCC. The Hall–Kier alpha value is -2.29. The van der Waals surface area contributed by atoms with Crippen LogP contribution in [0.1, 0.15) is 168 Å². The number of unbranched alkanes of at least 4 members (excludes halogenated alkanes) is 15. The minimum atomic E-state index is -4.39. The quantitative estimate of drug-likeness (QED) is 0.0272. The van der Waals surface area contributed by atoms with Gasteiger partial charge in [-0.1, -0.05) is 145 Å². The number of phosphoric acid groups is 1. The molecule has 0 rings (SSSR count). The number of rotatable bonds is 38. The lowest BCUT2D eigenvalue weighted by Gasteiger charge is -2.19. The van der Waals surface area contributed by atoms with Gasteiger partial charge in [-0.05, 0) is 70.6 Å². The number of nitrogens with two attached hydrogens (primary N) is 1. The second-order valence-corrected chi connectivity index (χ2v) is 14.9. The second kappa shape index (κ2) is 39.4. The van der Waals surface area contributed by atoms with E-state index in [-0.39, 0.29) is 32.6 Å². The van der Waals surface area contributed by atoms with Gasteiger partial charge in [-0.15, -0.1) is 0 Å². The fraction of sp³-hybridized carbons (Fsp3) is 0.721. The molecule has 10 heteroatoms. The number of hydrogen-bond acceptors (Lipinski definition) is 8. The van der Waals surface area contributed by atoms with E-state index in [0.717, 1.165) is 70.6 Å². The maximum Gasteiger partial charge on any atom is 0.472 e. The molecule has 1 unspecified atom stereocenters. The summed E-state index contributed by atoms with van der Waals surface area (Å²) in [7, 11) is -4.39. The third kappa shape index (κ3) is 39.2. The molecule has 0 bridgehead atoms. The normalized spacial score (nSPS) is 14.0. The summed E-state index contributed by atoms with van der Waals surface area (Å²) in [6.45, 7) is 3.54. The van der Waals surface area contributed by atoms with Crippen LogP contribution in [0.15, 0.2) is 60.8 Å². The van der Waals surface area contributed by atoms with E-state index in [1.807, 2.05) is 0 Å². The number of carbonyl (C=O) groups is 2. The summed E-state index contributed by atoms with van der Waals surface area (Å²) >= 11 is 0. The highest BCUT2D eigenvalue weighted by Gasteiger charge is 2.25. The Morgan fingerprint density at radius 2 is 1.06 bits per heavy atom. The minimum Gasteiger partial charge on any atom is -0.462 e. The molecule has 0 saturated carbocycles. The van der Waals surface area contributed by atoms with Crippen molar-refractivity contribution in [1.29, 1.82) is 0 Å². The molecule has 0 aromatic carbocycles. The van der Waals surface area contributed by atoms with Crippen molar-refractivity contribution in [2.75, 3.05) is 26.4 Å². The van der Waals surface area contributed by atoms with Gasteiger partial charge >= 0.3 is 19.8 Å². The van der Waals surface area contributed by atoms with Gasteiger partial charge in [-0.3, -0.25) is 18.6 Å². The zero-order chi connectivity index (χ0) is 38.9. The first-order valence-electron chi connectivity index (χ1n) is 20.8. The number of allylic oxidation sites excluding steroid dienone is 10. The molecule has 53 heavy (non-hydrogen) atoms. The van der Waals surface area contributed by atoms with Crippen LogP contribution in [0.5, 0.6) is 0 Å². The van der Waals surface area contributed by atoms with Crippen LogP contribution in [0.4, 0.5) is 0 Å². The van der Waals surface area contributed by atoms with Crippen molar-refractivity contribution in [2.45, 2.75) is 174 Å². The van der Waals surface area contributed by atoms with Crippen molar-refractivity contribution in [2.24, 2.45) is 5.73 Å². The van der Waals surface area contributed by atoms with E-state index in [0.29, 0.717) is 12.8 Å². The Morgan fingerprint density at radius 1 is 0.585 bits per heavy atom. The highest BCUT2D eigenvalue weighted by atomic mass is 31.2. The second-order valence-electron chi connectivity index (χ2n) is 13.5. The average molecular weight is 766 g/mol. The zero-order valence-electron chi connectivity index (χ0n) is 33.5. The smallest absolute Gasteiger partial charge is 0.462 e. The Bertz CT molecular complexity index is 1050. The largest absolute Gasteiger partial charge is 0.472 e. The van der Waals surface area contributed by atoms with Crippen LogP contribution < -0.4 is 5.73 Å². The van der Waals surface area contributed by atoms with Crippen molar-refractivity contribution in [3.63, 3.8) is 0 Å². The van der Waals surface area contributed by atoms with Crippen molar-refractivity contribution in [3.8, 4) is 0 Å². The van der Waals surface area contributed by atoms with Gasteiger partial charge in [0.05, 0.1) is 13.2 Å². The molecule has 0 amide bonds. The van der Waals surface area contributed by atoms with Crippen LogP contribution in [-0.4, -0.2) is 49.3 Å². The van der Waals surface area contributed by atoms with Gasteiger partial charge in [0.2, 0.25) is 0 Å². The summed E-state index contributed by atoms with van der Waals surface area (Å²) in [5.41, 5.74) is 5.34. The molecule has 0 aliphatic rings. The third-order valence-corrected chi connectivity index (χ3v) is 9.37. The lowest BCUT2D eigenvalue weighted by atomic mass is 10.1. The molecule has 0 radical (unpaired) electrons. The molecular formula is C43H76NO8P. The summed E-state index contributed by atoms with van der Waals surface area (Å²) in [4.78, 5) is 34.8. The summed E-state index contributed by atoms with van der Waals surface area (Å²) in [6.07, 6.45) is 45.5. The van der Waals surface area contributed by atoms with Gasteiger partial charge in [0, 0.05) is 19.4 Å². The first-order valence-corrected chi connectivity index (χ1v) is 22.3. The summed E-state index contributed by atoms with van der Waals surface area (Å²) in [6, 6.07) is 0. The Balaban J connectivity index is 4.28. The standard InChI is InChI=1S/C43H76NO8P/c1-3-5-7-9-11-13-15-17-19-20-22-24-26-28-30-32-34-36-43(46)52-41(40-51-53(47,48)50-38-37-44)39-49-42(45)35-33-31-29-27-25-23-21-18-16-14-12-10-8-6-4-2/h6,8,12,14,18,21-22,24,28,30,41H,3-5,7,9-11,13,15-17,19-20,23,25-27,29,31-40,44H2,1-2H3,(H,47,48)/b8-6+,14-12+,21-18+,24-22+,30-28+/t41-/m1/s1. The Labute approximate surface area is 323 Å². The van der Waals surface area contributed by atoms with E-state index in [1.165, 1.54) is 57.8 Å². The Morgan fingerprint density at radius 3 is 1.60 bits per heavy atom. The van der Waals surface area contributed by atoms with Gasteiger partial charge in [-0.25, -0.2) is 4.57 Å². The monoisotopic (exact) mass is 766 g/mol. The van der Waals surface area contributed by atoms with Crippen molar-refractivity contribution in [3.05, 3.63) is 60.8 Å². The van der Waals surface area contributed by atoms with Gasteiger partial charge in [0.15, 0.2) is 6.10 Å². The maximum atomic E-state index is 12.5. The van der Waals surface area contributed by atoms with Crippen LogP contribution in [0.25, 0.3) is 0 Å². The van der Waals surface area contributed by atoms with Crippen molar-refractivity contribution in [1.82, 2.24) is 0 Å². The van der Waals surface area contributed by atoms with E-state index in [2.05, 4.69) is 74.6 Å². The lowest BCUT2D eigenvalue weighted by Crippen LogP contribution is -2.29. The zero-order valence-corrected chi connectivity index (χ0v) is 34.4. The Kier molecular flexibility index (Phi) is 37.7. The molecule has 0 saturated heterocycles. The molecule has 9 nitrogen and oxygen atoms in total. The molecule has 0 spiro atoms. The fourth-order valence-corrected chi connectivity index (χ4v) is 6.10. The fourth-order valence-electron chi connectivity index (χ4n) is 5.33. The third-order valence-electron chi connectivity index (χ3n) is 8.39. The predicted octanol–water partition coefficient (Wildman–Crippen LogP) is 11.7. The molecule has 0 aliphatic heterocycles. The number of phosphoric ester groups is 1. The van der Waals surface area contributed by atoms with Crippen LogP contribution in [0.2, 0.25) is 0 Å². The highest BCUT2D eigenvalue weighted by Crippen LogP contribution is 2.43. The number of esters is 2. The van der Waals surface area contributed by atoms with E-state index in [4.69, 9.17) is 24.3 Å². The van der Waals surface area contributed by atoms with Gasteiger partial charge in [-0.2, -0.15) is 0 Å². The molecule has 306 valence electrons. The van der Waals surface area contributed by atoms with Crippen molar-refractivity contribution < 1.29 is 37.6 Å². The molecule has 0 aromatic heterocycles. The van der Waals surface area contributed by atoms with Crippen LogP contribution >= 0.6 is 7.82 Å². The summed E-state index contributed by atoms with van der Waals surface area (Å²) in [5, 5.41) is 0. The molecule has 3 N–H and O–H groups in total. The van der Waals surface area contributed by atoms with Gasteiger partial charge in [0.25, 0.3) is 0 Å². The first kappa shape index (κ1) is 50.7. The maximum absolute atomic E-state index is 12.5. The van der Waals surface area contributed by atoms with Gasteiger partial charge in [0.1, 0.15) is 6.61 Å². The van der Waals surface area contributed by atoms with Gasteiger partial charge < -0.3 is 20.1 Å². The average Bonchev–Trinajstić information content (AvgIpc) is 3.14. The summed E-state index contributed by atoms with van der Waals surface area (Å²) < 4.78 is 32.7. The lowest BCUT2D eigenvalue weighted by molar-refractivity contribution is -0.161. The topological polar surface area (TPSA) is 134 Å². The van der Waals surface area contributed by atoms with E-state index in [9.17, 15) is 19.0 Å². The summed E-state index contributed by atoms with van der Waals surface area (Å²) in [5.74, 6) is -0.906. The molecule has 0 aromatic rings. The molecule has 2 atom stereocenters. The van der Waals surface area contributed by atoms with Crippen LogP contribution in [-0.2, 0) is 32.7 Å². The first-order chi connectivity index (χ1) is 25.8. The molecule has 0 fully saturated rings. The van der Waals surface area contributed by atoms with Crippen LogP contribution in [0.3, 0.4) is 0 Å². The van der Waals surface area contributed by atoms with E-state index >= 15 is 0 Å². The number of ether oxygens (including phenoxy) is 2. The molecule has 0 aliphatic carbocycles. The highest BCUT2D eigenvalue weighted by molar-refractivity contribution is 7.47. The molecule has 0 heterocycles. The van der Waals surface area contributed by atoms with Crippen LogP contribution in [0, 0.1) is 0 Å².